The molecule has 0 saturated carbocycles. The summed E-state index contributed by atoms with van der Waals surface area (Å²) in [5, 5.41) is 2.68. The molecule has 10 heteroatoms. The third kappa shape index (κ3) is 5.29. The number of rotatable bonds is 6. The van der Waals surface area contributed by atoms with Crippen LogP contribution in [0.1, 0.15) is 15.9 Å². The molecule has 2 aromatic rings. The molecule has 1 amide bonds. The molecule has 0 radical (unpaired) electrons. The topological polar surface area (TPSA) is 73.9 Å². The first-order valence-corrected chi connectivity index (χ1v) is 8.09. The predicted octanol–water partition coefficient (Wildman–Crippen LogP) is 4.17. The molecule has 6 nitrogen and oxygen atoms in total. The summed E-state index contributed by atoms with van der Waals surface area (Å²) in [5.41, 5.74) is -0.792. The van der Waals surface area contributed by atoms with E-state index in [-0.39, 0.29) is 22.0 Å². The Hall–Kier alpha value is -2.94. The highest BCUT2D eigenvalue weighted by molar-refractivity contribution is 6.32. The number of ether oxygens (including phenoxy) is 3. The van der Waals surface area contributed by atoms with Gasteiger partial charge >= 0.3 is 12.1 Å². The van der Waals surface area contributed by atoms with Gasteiger partial charge in [-0.3, -0.25) is 4.79 Å². The molecule has 0 aromatic heterocycles. The van der Waals surface area contributed by atoms with Gasteiger partial charge in [-0.15, -0.1) is 0 Å². The van der Waals surface area contributed by atoms with E-state index in [9.17, 15) is 22.8 Å². The number of benzene rings is 2. The maximum Gasteiger partial charge on any atom is 0.416 e. The zero-order chi connectivity index (χ0) is 20.9. The number of amides is 1. The smallest absolute Gasteiger partial charge is 0.416 e. The number of nitrogens with one attached hydrogen (secondary N) is 1. The van der Waals surface area contributed by atoms with Crippen molar-refractivity contribution in [3.8, 4) is 11.5 Å². The SMILES string of the molecule is COc1cc(OC)c(NC(=O)COC(=O)c2ccc(C(F)(F)F)cc2)cc1Cl. The van der Waals surface area contributed by atoms with Gasteiger partial charge < -0.3 is 19.5 Å². The maximum absolute atomic E-state index is 12.5. The molecule has 0 heterocycles. The number of carbonyl (C=O) groups excluding carboxylic acids is 2. The summed E-state index contributed by atoms with van der Waals surface area (Å²) in [7, 11) is 2.79. The minimum atomic E-state index is -4.51. The van der Waals surface area contributed by atoms with Crippen LogP contribution in [0.5, 0.6) is 11.5 Å². The standard InChI is InChI=1S/C18H15ClF3NO5/c1-26-14-8-15(27-2)13(7-12(14)19)23-16(24)9-28-17(25)10-3-5-11(6-4-10)18(20,21)22/h3-8H,9H2,1-2H3,(H,23,24). The Kier molecular flexibility index (Phi) is 6.74. The predicted molar refractivity (Wildman–Crippen MR) is 94.9 cm³/mol. The molecule has 28 heavy (non-hydrogen) atoms. The van der Waals surface area contributed by atoms with Gasteiger partial charge in [-0.25, -0.2) is 4.79 Å². The van der Waals surface area contributed by atoms with Crippen LogP contribution in [0.4, 0.5) is 18.9 Å². The zero-order valence-corrected chi connectivity index (χ0v) is 15.5. The molecule has 0 aliphatic heterocycles. The normalized spacial score (nSPS) is 10.9. The average Bonchev–Trinajstić information content (AvgIpc) is 2.65. The number of alkyl halides is 3. The van der Waals surface area contributed by atoms with Crippen LogP contribution in [0.3, 0.4) is 0 Å². The minimum absolute atomic E-state index is 0.120. The molecule has 1 N–H and O–H groups in total. The second-order valence-electron chi connectivity index (χ2n) is 5.39. The van der Waals surface area contributed by atoms with Gasteiger partial charge in [0.15, 0.2) is 6.61 Å². The maximum atomic E-state index is 12.5. The molecule has 0 aliphatic carbocycles. The molecule has 2 aromatic carbocycles. The van der Waals surface area contributed by atoms with Crippen molar-refractivity contribution in [1.82, 2.24) is 0 Å². The van der Waals surface area contributed by atoms with E-state index in [1.807, 2.05) is 0 Å². The number of anilines is 1. The fourth-order valence-electron chi connectivity index (χ4n) is 2.15. The fourth-order valence-corrected chi connectivity index (χ4v) is 2.39. The number of methoxy groups -OCH3 is 2. The first-order chi connectivity index (χ1) is 13.2. The molecule has 0 spiro atoms. The number of esters is 1. The van der Waals surface area contributed by atoms with Gasteiger partial charge in [0.2, 0.25) is 0 Å². The van der Waals surface area contributed by atoms with Crippen LogP contribution in [0, 0.1) is 0 Å². The Morgan fingerprint density at radius 2 is 1.64 bits per heavy atom. The molecule has 0 bridgehead atoms. The molecular weight excluding hydrogens is 403 g/mol. The highest BCUT2D eigenvalue weighted by Crippen LogP contribution is 2.35. The molecule has 0 saturated heterocycles. The van der Waals surface area contributed by atoms with Gasteiger partial charge in [-0.2, -0.15) is 13.2 Å². The Balaban J connectivity index is 1.99. The Labute approximate surface area is 163 Å². The summed E-state index contributed by atoms with van der Waals surface area (Å²) in [6.45, 7) is -0.660. The van der Waals surface area contributed by atoms with Crippen LogP contribution < -0.4 is 14.8 Å². The first kappa shape index (κ1) is 21.4. The lowest BCUT2D eigenvalue weighted by Gasteiger charge is -2.13. The number of hydrogen-bond acceptors (Lipinski definition) is 5. The largest absolute Gasteiger partial charge is 0.495 e. The summed E-state index contributed by atoms with van der Waals surface area (Å²) < 4.78 is 52.5. The Morgan fingerprint density at radius 3 is 2.18 bits per heavy atom. The second-order valence-corrected chi connectivity index (χ2v) is 5.79. The van der Waals surface area contributed by atoms with Gasteiger partial charge in [0.25, 0.3) is 5.91 Å². The molecule has 0 unspecified atom stereocenters. The molecule has 0 atom stereocenters. The summed E-state index contributed by atoms with van der Waals surface area (Å²) >= 11 is 6.00. The number of halogens is 4. The third-order valence-corrected chi connectivity index (χ3v) is 3.83. The van der Waals surface area contributed by atoms with Crippen LogP contribution in [0.15, 0.2) is 36.4 Å². The Bertz CT molecular complexity index is 869. The van der Waals surface area contributed by atoms with E-state index in [0.29, 0.717) is 5.75 Å². The van der Waals surface area contributed by atoms with Gasteiger partial charge in [0, 0.05) is 6.07 Å². The summed E-state index contributed by atoms with van der Waals surface area (Å²) in [6.07, 6.45) is -4.51. The molecule has 0 fully saturated rings. The molecular formula is C18H15ClF3NO5. The van der Waals surface area contributed by atoms with Crippen molar-refractivity contribution in [2.45, 2.75) is 6.18 Å². The van der Waals surface area contributed by atoms with E-state index in [2.05, 4.69) is 5.32 Å². The summed E-state index contributed by atoms with van der Waals surface area (Å²) in [6, 6.07) is 6.30. The zero-order valence-electron chi connectivity index (χ0n) is 14.7. The first-order valence-electron chi connectivity index (χ1n) is 7.71. The van der Waals surface area contributed by atoms with Gasteiger partial charge in [0.1, 0.15) is 11.5 Å². The van der Waals surface area contributed by atoms with E-state index in [1.54, 1.807) is 0 Å². The molecule has 0 aliphatic rings. The lowest BCUT2D eigenvalue weighted by molar-refractivity contribution is -0.137. The van der Waals surface area contributed by atoms with Gasteiger partial charge in [-0.05, 0) is 30.3 Å². The quantitative estimate of drug-likeness (QED) is 0.714. The fraction of sp³-hybridized carbons (Fsp3) is 0.222. The van der Waals surface area contributed by atoms with E-state index < -0.39 is 30.2 Å². The van der Waals surface area contributed by atoms with Crippen molar-refractivity contribution in [3.05, 3.63) is 52.5 Å². The van der Waals surface area contributed by atoms with E-state index >= 15 is 0 Å². The number of hydrogen-bond donors (Lipinski definition) is 1. The molecule has 2 rings (SSSR count). The van der Waals surface area contributed by atoms with Crippen LogP contribution in [-0.4, -0.2) is 32.7 Å². The third-order valence-electron chi connectivity index (χ3n) is 3.53. The highest BCUT2D eigenvalue weighted by atomic mass is 35.5. The van der Waals surface area contributed by atoms with E-state index in [4.69, 9.17) is 25.8 Å². The van der Waals surface area contributed by atoms with Crippen LogP contribution in [0.25, 0.3) is 0 Å². The number of carbonyl (C=O) groups is 2. The van der Waals surface area contributed by atoms with Crippen molar-refractivity contribution in [3.63, 3.8) is 0 Å². The van der Waals surface area contributed by atoms with Crippen molar-refractivity contribution < 1.29 is 37.0 Å². The van der Waals surface area contributed by atoms with Crippen molar-refractivity contribution in [2.24, 2.45) is 0 Å². The Morgan fingerprint density at radius 1 is 1.04 bits per heavy atom. The lowest BCUT2D eigenvalue weighted by atomic mass is 10.1. The summed E-state index contributed by atoms with van der Waals surface area (Å²) in [4.78, 5) is 23.9. The van der Waals surface area contributed by atoms with Gasteiger partial charge in [-0.1, -0.05) is 11.6 Å². The van der Waals surface area contributed by atoms with Crippen LogP contribution >= 0.6 is 11.6 Å². The summed E-state index contributed by atoms with van der Waals surface area (Å²) in [5.74, 6) is -1.03. The van der Waals surface area contributed by atoms with E-state index in [0.717, 1.165) is 24.3 Å². The van der Waals surface area contributed by atoms with Crippen molar-refractivity contribution in [2.75, 3.05) is 26.1 Å². The van der Waals surface area contributed by atoms with Crippen LogP contribution in [-0.2, 0) is 15.7 Å². The second kappa shape index (κ2) is 8.83. The van der Waals surface area contributed by atoms with E-state index in [1.165, 1.54) is 26.4 Å². The molecule has 150 valence electrons. The monoisotopic (exact) mass is 417 g/mol. The van der Waals surface area contributed by atoms with Crippen molar-refractivity contribution >= 4 is 29.2 Å². The lowest BCUT2D eigenvalue weighted by Crippen LogP contribution is -2.21. The van der Waals surface area contributed by atoms with Crippen molar-refractivity contribution in [1.29, 1.82) is 0 Å². The minimum Gasteiger partial charge on any atom is -0.495 e. The van der Waals surface area contributed by atoms with Gasteiger partial charge in [0.05, 0.1) is 36.1 Å². The van der Waals surface area contributed by atoms with Crippen LogP contribution in [0.2, 0.25) is 5.02 Å². The highest BCUT2D eigenvalue weighted by Gasteiger charge is 2.30. The average molecular weight is 418 g/mol.